The van der Waals surface area contributed by atoms with Gasteiger partial charge in [0, 0.05) is 30.1 Å². The van der Waals surface area contributed by atoms with Crippen LogP contribution in [0.4, 0.5) is 0 Å². The molecule has 13 heteroatoms. The highest BCUT2D eigenvalue weighted by Crippen LogP contribution is 2.74. The highest BCUT2D eigenvalue weighted by Gasteiger charge is 2.74. The molecule has 0 unspecified atom stereocenters. The number of Topliss-reactive ketones (excluding diaryl/α,β-unsaturated/α-hetero) is 2. The van der Waals surface area contributed by atoms with E-state index in [-0.39, 0.29) is 36.7 Å². The van der Waals surface area contributed by atoms with Gasteiger partial charge in [-0.25, -0.2) is 0 Å². The molecular formula is C38H56O13. The average molecular weight is 721 g/mol. The smallest absolute Gasteiger partial charge is 0.303 e. The number of esters is 1. The summed E-state index contributed by atoms with van der Waals surface area (Å²) in [5.74, 6) is -3.56. The molecule has 5 rings (SSSR count). The van der Waals surface area contributed by atoms with Crippen molar-refractivity contribution in [3.05, 3.63) is 23.8 Å². The fourth-order valence-corrected chi connectivity index (χ4v) is 10.8. The molecule has 51 heavy (non-hydrogen) atoms. The van der Waals surface area contributed by atoms with Gasteiger partial charge in [-0.15, -0.1) is 0 Å². The van der Waals surface area contributed by atoms with Gasteiger partial charge in [0.15, 0.2) is 17.9 Å². The summed E-state index contributed by atoms with van der Waals surface area (Å²) in [5, 5.41) is 64.7. The molecular weight excluding hydrogens is 664 g/mol. The molecule has 0 spiro atoms. The van der Waals surface area contributed by atoms with Crippen molar-refractivity contribution in [1.29, 1.82) is 0 Å². The number of ether oxygens (including phenoxy) is 3. The van der Waals surface area contributed by atoms with Gasteiger partial charge >= 0.3 is 5.97 Å². The minimum absolute atomic E-state index is 0.0549. The van der Waals surface area contributed by atoms with Crippen molar-refractivity contribution in [2.45, 2.75) is 142 Å². The molecule has 1 heterocycles. The number of aliphatic hydroxyl groups is 6. The number of ketones is 3. The van der Waals surface area contributed by atoms with Crippen molar-refractivity contribution in [2.75, 3.05) is 6.61 Å². The Bertz CT molecular complexity index is 1510. The van der Waals surface area contributed by atoms with Crippen molar-refractivity contribution in [2.24, 2.45) is 39.4 Å². The minimum Gasteiger partial charge on any atom is -0.456 e. The number of carbonyl (C=O) groups is 4. The minimum atomic E-state index is -2.08. The Hall–Kier alpha value is -2.36. The monoisotopic (exact) mass is 720 g/mol. The lowest BCUT2D eigenvalue weighted by molar-refractivity contribution is -0.311. The van der Waals surface area contributed by atoms with Gasteiger partial charge in [-0.2, -0.15) is 0 Å². The van der Waals surface area contributed by atoms with Crippen LogP contribution in [0.25, 0.3) is 0 Å². The summed E-state index contributed by atoms with van der Waals surface area (Å²) in [6, 6.07) is 0. The van der Waals surface area contributed by atoms with E-state index in [9.17, 15) is 49.8 Å². The molecule has 0 radical (unpaired) electrons. The Balaban J connectivity index is 1.48. The molecule has 13 nitrogen and oxygen atoms in total. The Kier molecular flexibility index (Phi) is 10.1. The molecule has 286 valence electrons. The second-order valence-corrected chi connectivity index (χ2v) is 17.6. The van der Waals surface area contributed by atoms with Gasteiger partial charge in [-0.05, 0) is 88.7 Å². The normalized spacial score (nSPS) is 45.0. The summed E-state index contributed by atoms with van der Waals surface area (Å²) in [6.45, 7) is 14.4. The van der Waals surface area contributed by atoms with Crippen molar-refractivity contribution < 1.29 is 64.0 Å². The second kappa shape index (κ2) is 12.9. The zero-order valence-corrected chi connectivity index (χ0v) is 31.1. The van der Waals surface area contributed by atoms with Crippen LogP contribution in [-0.2, 0) is 33.4 Å². The predicted molar refractivity (Wildman–Crippen MR) is 180 cm³/mol. The average Bonchev–Trinajstić information content (AvgIpc) is 3.22. The summed E-state index contributed by atoms with van der Waals surface area (Å²) in [4.78, 5) is 54.0. The molecule has 14 atom stereocenters. The van der Waals surface area contributed by atoms with Crippen LogP contribution in [0.5, 0.6) is 0 Å². The fourth-order valence-electron chi connectivity index (χ4n) is 10.8. The lowest BCUT2D eigenvalue weighted by Gasteiger charge is -2.64. The van der Waals surface area contributed by atoms with E-state index in [4.69, 9.17) is 14.2 Å². The van der Waals surface area contributed by atoms with Gasteiger partial charge in [0.25, 0.3) is 0 Å². The molecule has 5 aliphatic rings. The third-order valence-electron chi connectivity index (χ3n) is 13.7. The molecule has 0 amide bonds. The maximum atomic E-state index is 14.8. The number of hydrogen-bond donors (Lipinski definition) is 6. The van der Waals surface area contributed by atoms with E-state index in [1.807, 2.05) is 26.8 Å². The molecule has 3 saturated carbocycles. The zero-order chi connectivity index (χ0) is 38.4. The zero-order valence-electron chi connectivity index (χ0n) is 31.1. The van der Waals surface area contributed by atoms with Crippen molar-refractivity contribution in [3.8, 4) is 0 Å². The maximum absolute atomic E-state index is 14.8. The largest absolute Gasteiger partial charge is 0.456 e. The highest BCUT2D eigenvalue weighted by molar-refractivity contribution is 5.98. The molecule has 0 aromatic rings. The van der Waals surface area contributed by atoms with Gasteiger partial charge in [0.2, 0.25) is 0 Å². The molecule has 1 saturated heterocycles. The van der Waals surface area contributed by atoms with E-state index in [2.05, 4.69) is 0 Å². The van der Waals surface area contributed by atoms with Crippen molar-refractivity contribution in [3.63, 3.8) is 0 Å². The van der Waals surface area contributed by atoms with Crippen molar-refractivity contribution >= 4 is 23.3 Å². The van der Waals surface area contributed by atoms with Crippen molar-refractivity contribution in [1.82, 2.24) is 0 Å². The Labute approximate surface area is 299 Å². The van der Waals surface area contributed by atoms with E-state index >= 15 is 0 Å². The van der Waals surface area contributed by atoms with E-state index in [1.54, 1.807) is 27.7 Å². The SMILES string of the molecule is CC(=O)OC(C)(C)C=CC(=O)[C@](C)(O)[C@H]1[C@H](O)C[C@@]2(C)[C@@H]3CC=C4[C@@H](C[C@H](O[C@@H]5O[C@H](CO)[C@@H](O)[C@H](O)[C@H]5O)C(=O)C4(C)C)[C@]3(C)C(=O)C[C@]12C. The van der Waals surface area contributed by atoms with Crippen LogP contribution in [0.15, 0.2) is 23.8 Å². The van der Waals surface area contributed by atoms with E-state index in [1.165, 1.54) is 19.9 Å². The first-order valence-electron chi connectivity index (χ1n) is 17.9. The van der Waals surface area contributed by atoms with E-state index in [0.29, 0.717) is 6.42 Å². The van der Waals surface area contributed by atoms with Crippen LogP contribution in [-0.4, -0.2) is 115 Å². The number of aliphatic hydroxyl groups excluding tert-OH is 5. The number of allylic oxidation sites excluding steroid dienone is 2. The maximum Gasteiger partial charge on any atom is 0.303 e. The molecule has 6 N–H and O–H groups in total. The van der Waals surface area contributed by atoms with Crippen LogP contribution >= 0.6 is 0 Å². The Morgan fingerprint density at radius 3 is 2.22 bits per heavy atom. The van der Waals surface area contributed by atoms with Crippen LogP contribution < -0.4 is 0 Å². The van der Waals surface area contributed by atoms with Crippen LogP contribution in [0.2, 0.25) is 0 Å². The quantitative estimate of drug-likeness (QED) is 0.119. The molecule has 4 fully saturated rings. The summed E-state index contributed by atoms with van der Waals surface area (Å²) in [6.07, 6.45) is -4.90. The van der Waals surface area contributed by atoms with Crippen LogP contribution in [0.1, 0.15) is 88.0 Å². The molecule has 0 aromatic carbocycles. The molecule has 1 aliphatic heterocycles. The van der Waals surface area contributed by atoms with Gasteiger partial charge in [-0.3, -0.25) is 19.2 Å². The number of carbonyl (C=O) groups excluding carboxylic acids is 4. The highest BCUT2D eigenvalue weighted by atomic mass is 16.7. The standard InChI is InChI=1S/C38H56O13/c1-18(40)51-33(2,3)13-12-25(42)38(9,48)30-21(41)15-35(6)24-11-10-19-20(37(24,8)26(43)16-36(30,35)7)14-22(31(47)34(19,4)5)49-32-29(46)28(45)27(44)23(17-39)50-32/h10,12-13,20-24,27-30,32,39,41,44-46,48H,11,14-17H2,1-9H3/t20-,21-,22+,23-,24+,27-,28+,29-,30+,32-,35+,36-,37+,38+/m1/s1. The van der Waals surface area contributed by atoms with Crippen LogP contribution in [0, 0.1) is 39.4 Å². The Morgan fingerprint density at radius 2 is 1.63 bits per heavy atom. The van der Waals surface area contributed by atoms with Gasteiger partial charge in [-0.1, -0.05) is 32.4 Å². The molecule has 0 bridgehead atoms. The van der Waals surface area contributed by atoms with E-state index in [0.717, 1.165) is 11.6 Å². The van der Waals surface area contributed by atoms with Gasteiger partial charge in [0.1, 0.15) is 47.5 Å². The van der Waals surface area contributed by atoms with Crippen LogP contribution in [0.3, 0.4) is 0 Å². The number of rotatable bonds is 8. The van der Waals surface area contributed by atoms with Gasteiger partial charge < -0.3 is 44.8 Å². The topological polar surface area (TPSA) is 217 Å². The lowest BCUT2D eigenvalue weighted by atomic mass is 9.38. The van der Waals surface area contributed by atoms with Gasteiger partial charge in [0.05, 0.1) is 12.7 Å². The number of fused-ring (bicyclic) bond motifs is 5. The fraction of sp³-hybridized carbons (Fsp3) is 0.789. The Morgan fingerprint density at radius 1 is 1.00 bits per heavy atom. The predicted octanol–water partition coefficient (Wildman–Crippen LogP) is 1.32. The first kappa shape index (κ1) is 39.8. The summed E-state index contributed by atoms with van der Waals surface area (Å²) >= 11 is 0. The first-order chi connectivity index (χ1) is 23.3. The van der Waals surface area contributed by atoms with E-state index < -0.39 is 106 Å². The summed E-state index contributed by atoms with van der Waals surface area (Å²) in [5.41, 5.74) is -6.34. The lowest BCUT2D eigenvalue weighted by Crippen LogP contribution is -2.66. The first-order valence-corrected chi connectivity index (χ1v) is 17.9. The summed E-state index contributed by atoms with van der Waals surface area (Å²) in [7, 11) is 0. The third-order valence-corrected chi connectivity index (χ3v) is 13.7. The second-order valence-electron chi connectivity index (χ2n) is 17.6. The third kappa shape index (κ3) is 6.00. The molecule has 0 aromatic heterocycles. The number of hydrogen-bond acceptors (Lipinski definition) is 13. The summed E-state index contributed by atoms with van der Waals surface area (Å²) < 4.78 is 16.9. The molecule has 4 aliphatic carbocycles.